The molecule has 10 atom stereocenters. The molecule has 2 fully saturated rings. The number of aliphatic hydroxyl groups excluding tert-OH is 2. The number of nitrogens with two attached hydrogens (primary N) is 2. The number of nitrogens with one attached hydrogen (secondary N) is 2. The summed E-state index contributed by atoms with van der Waals surface area (Å²) in [4.78, 5) is 104. The van der Waals surface area contributed by atoms with Crippen LogP contribution in [0.25, 0.3) is 22.3 Å². The fourth-order valence-corrected chi connectivity index (χ4v) is 10.5. The molecule has 2 saturated heterocycles. The van der Waals surface area contributed by atoms with Crippen LogP contribution in [-0.2, 0) is 54.9 Å². The third-order valence-electron chi connectivity index (χ3n) is 10.5. The van der Waals surface area contributed by atoms with Crippen molar-refractivity contribution in [3.63, 3.8) is 0 Å². The van der Waals surface area contributed by atoms with Gasteiger partial charge in [0.25, 0.3) is 0 Å². The number of fused-ring (bicyclic) bond motifs is 2. The number of benzene rings is 2. The molecule has 38 heteroatoms. The van der Waals surface area contributed by atoms with Crippen LogP contribution in [-0.4, -0.2) is 154 Å². The van der Waals surface area contributed by atoms with E-state index in [9.17, 15) is 47.8 Å². The molecule has 8 rings (SSSR count). The van der Waals surface area contributed by atoms with Crippen molar-refractivity contribution >= 4 is 88.6 Å². The maximum absolute atomic E-state index is 13.0. The summed E-state index contributed by atoms with van der Waals surface area (Å²) < 4.78 is 87.7. The van der Waals surface area contributed by atoms with Crippen molar-refractivity contribution in [1.29, 1.82) is 0 Å². The van der Waals surface area contributed by atoms with Gasteiger partial charge in [-0.25, -0.2) is 57.8 Å². The maximum Gasteiger partial charge on any atom is 0.481 e. The highest BCUT2D eigenvalue weighted by Gasteiger charge is 2.51. The summed E-state index contributed by atoms with van der Waals surface area (Å²) in [5, 5.41) is 27.7. The fourth-order valence-electron chi connectivity index (χ4n) is 7.33. The Hall–Kier alpha value is -5.96. The molecular formula is C36H44N12O22P4. The Labute approximate surface area is 414 Å². The van der Waals surface area contributed by atoms with E-state index in [1.165, 1.54) is 33.9 Å². The predicted octanol–water partition coefficient (Wildman–Crippen LogP) is 0.321. The van der Waals surface area contributed by atoms with E-state index in [0.717, 1.165) is 12.7 Å². The number of phosphoric ester groups is 2. The number of phosphoric acid groups is 4. The minimum absolute atomic E-state index is 0.0504. The Balaban J connectivity index is 0.000000216. The number of esters is 2. The van der Waals surface area contributed by atoms with Gasteiger partial charge in [0.05, 0.1) is 37.0 Å². The van der Waals surface area contributed by atoms with Crippen LogP contribution in [0.4, 0.5) is 23.0 Å². The van der Waals surface area contributed by atoms with Crippen LogP contribution in [0.2, 0.25) is 0 Å². The number of para-hydroxylation sites is 2. The molecule has 34 nitrogen and oxygen atoms in total. The quantitative estimate of drug-likeness (QED) is 0.0407. The number of anilines is 4. The monoisotopic (exact) mass is 1120 g/mol. The van der Waals surface area contributed by atoms with E-state index in [4.69, 9.17) is 50.0 Å². The van der Waals surface area contributed by atoms with Gasteiger partial charge in [0.2, 0.25) is 0 Å². The SMILES string of the molecule is CNc1ccccc1C(=O)O[C@@H]1[C@H](O)[C@@H](COP(=O)(O)OP(=O)(O)O)O[C@H]1n1cnc2c(N)ncnc21.CNc1ccccc1C(=O)O[C@H]1[C@@H](O)[C@H](n2cnc3c(N)ncnc32)O[C@@H]1COP(=O)(O)OP(=O)(O)O. The molecule has 0 spiro atoms. The smallest absolute Gasteiger partial charge is 0.453 e. The second-order valence-corrected chi connectivity index (χ2v) is 20.9. The standard InChI is InChI=1S/2C18H22N6O11P2/c1-20-10-5-3-2-4-9(10)18(26)34-14-11(6-32-37(30,31)35-36(27,28)29)33-17(13(14)25)24-8-23-12-15(19)21-7-22-16(12)24;1-20-10-5-3-2-4-9(10)18(26)34-14-13(25)11(6-32-37(30,31)35-36(27,28)29)33-17(14)24-8-23-12-15(19)21-7-22-16(12)24/h2*2-5,7-8,11,13-14,17,20,25H,6H2,1H3,(H,30,31)(H2,19,21,22)(H2,27,28,29)/t2*11-,13-,14-,17-/m11/s1. The Bertz CT molecular complexity index is 3210. The number of nitrogen functional groups attached to an aromatic ring is 2. The number of aromatic nitrogens is 8. The highest BCUT2D eigenvalue weighted by atomic mass is 31.3. The van der Waals surface area contributed by atoms with Gasteiger partial charge in [0.1, 0.15) is 48.1 Å². The van der Waals surface area contributed by atoms with Crippen molar-refractivity contribution < 1.29 is 104 Å². The predicted molar refractivity (Wildman–Crippen MR) is 248 cm³/mol. The lowest BCUT2D eigenvalue weighted by molar-refractivity contribution is -0.0558. The first-order valence-corrected chi connectivity index (χ1v) is 26.8. The molecule has 74 heavy (non-hydrogen) atoms. The molecule has 6 heterocycles. The normalized spacial score (nSPS) is 23.6. The van der Waals surface area contributed by atoms with Crippen molar-refractivity contribution in [2.45, 2.75) is 49.1 Å². The zero-order valence-corrected chi connectivity index (χ0v) is 41.4. The molecule has 2 unspecified atom stereocenters. The third kappa shape index (κ3) is 13.1. The minimum atomic E-state index is -5.39. The van der Waals surface area contributed by atoms with Crippen LogP contribution in [0.3, 0.4) is 0 Å². The van der Waals surface area contributed by atoms with Gasteiger partial charge in [-0.05, 0) is 24.3 Å². The maximum atomic E-state index is 13.0. The molecule has 2 aromatic carbocycles. The van der Waals surface area contributed by atoms with Gasteiger partial charge in [-0.15, -0.1) is 0 Å². The number of ether oxygens (including phenoxy) is 4. The zero-order valence-electron chi connectivity index (χ0n) is 37.8. The molecule has 0 amide bonds. The van der Waals surface area contributed by atoms with E-state index in [1.807, 2.05) is 0 Å². The molecule has 4 aromatic heterocycles. The molecule has 0 aliphatic carbocycles. The highest BCUT2D eigenvalue weighted by molar-refractivity contribution is 7.61. The summed E-state index contributed by atoms with van der Waals surface area (Å²) in [6.07, 6.45) is -6.77. The number of carbonyl (C=O) groups is 2. The van der Waals surface area contributed by atoms with Gasteiger partial charge in [-0.3, -0.25) is 18.2 Å². The summed E-state index contributed by atoms with van der Waals surface area (Å²) in [7, 11) is -18.1. The lowest BCUT2D eigenvalue weighted by Crippen LogP contribution is -2.38. The van der Waals surface area contributed by atoms with Gasteiger partial charge in [0.15, 0.2) is 47.6 Å². The lowest BCUT2D eigenvalue weighted by atomic mass is 10.1. The largest absolute Gasteiger partial charge is 0.481 e. The molecule has 6 aromatic rings. The van der Waals surface area contributed by atoms with Crippen molar-refractivity contribution in [2.24, 2.45) is 0 Å². The number of hydrogen-bond acceptors (Lipinski definition) is 26. The third-order valence-corrected chi connectivity index (χ3v) is 14.8. The number of aliphatic hydroxyl groups is 2. The van der Waals surface area contributed by atoms with Crippen LogP contribution in [0.5, 0.6) is 0 Å². The van der Waals surface area contributed by atoms with Crippen LogP contribution >= 0.6 is 31.3 Å². The summed E-state index contributed by atoms with van der Waals surface area (Å²) in [5.74, 6) is -1.60. The second kappa shape index (κ2) is 22.5. The Morgan fingerprint density at radius 2 is 1.03 bits per heavy atom. The molecule has 2 aliphatic rings. The van der Waals surface area contributed by atoms with E-state index >= 15 is 0 Å². The first kappa shape index (κ1) is 55.8. The van der Waals surface area contributed by atoms with Crippen LogP contribution in [0, 0.1) is 0 Å². The first-order chi connectivity index (χ1) is 34.8. The van der Waals surface area contributed by atoms with Crippen LogP contribution in [0.1, 0.15) is 33.2 Å². The lowest BCUT2D eigenvalue weighted by Gasteiger charge is -2.22. The van der Waals surface area contributed by atoms with E-state index in [2.05, 4.69) is 58.2 Å². The molecule has 2 aliphatic heterocycles. The van der Waals surface area contributed by atoms with E-state index in [-0.39, 0.29) is 45.1 Å². The Morgan fingerprint density at radius 3 is 1.49 bits per heavy atom. The first-order valence-electron chi connectivity index (χ1n) is 20.8. The highest BCUT2D eigenvalue weighted by Crippen LogP contribution is 2.59. The molecule has 0 saturated carbocycles. The Morgan fingerprint density at radius 1 is 0.608 bits per heavy atom. The second-order valence-electron chi connectivity index (χ2n) is 15.3. The minimum Gasteiger partial charge on any atom is -0.453 e. The number of carbonyl (C=O) groups excluding carboxylic acids is 2. The topological polar surface area (TPSA) is 501 Å². The average molecular weight is 1120 g/mol. The van der Waals surface area contributed by atoms with Crippen molar-refractivity contribution in [3.05, 3.63) is 85.0 Å². The molecule has 0 radical (unpaired) electrons. The fraction of sp³-hybridized carbons (Fsp3) is 0.333. The zero-order chi connectivity index (χ0) is 53.9. The van der Waals surface area contributed by atoms with Crippen LogP contribution < -0.4 is 22.1 Å². The molecular weight excluding hydrogens is 1080 g/mol. The van der Waals surface area contributed by atoms with E-state index < -0.39 is 106 Å². The van der Waals surface area contributed by atoms with Gasteiger partial charge in [-0.2, -0.15) is 8.62 Å². The summed E-state index contributed by atoms with van der Waals surface area (Å²) >= 11 is 0. The average Bonchev–Trinajstić information content (AvgIpc) is 4.11. The Kier molecular flexibility index (Phi) is 16.9. The summed E-state index contributed by atoms with van der Waals surface area (Å²) in [6, 6.07) is 12.8. The molecule has 400 valence electrons. The van der Waals surface area contributed by atoms with Gasteiger partial charge >= 0.3 is 43.2 Å². The van der Waals surface area contributed by atoms with Crippen molar-refractivity contribution in [1.82, 2.24) is 39.0 Å². The van der Waals surface area contributed by atoms with E-state index in [1.54, 1.807) is 50.5 Å². The summed E-state index contributed by atoms with van der Waals surface area (Å²) in [5.41, 5.74) is 13.5. The van der Waals surface area contributed by atoms with E-state index in [0.29, 0.717) is 11.4 Å². The van der Waals surface area contributed by atoms with Gasteiger partial charge < -0.3 is 80.6 Å². The number of imidazole rings is 2. The van der Waals surface area contributed by atoms with Crippen molar-refractivity contribution in [2.75, 3.05) is 49.4 Å². The number of rotatable bonds is 18. The molecule has 0 bridgehead atoms. The number of hydrogen-bond donors (Lipinski definition) is 12. The molecule has 14 N–H and O–H groups in total. The number of nitrogens with zero attached hydrogens (tertiary/aromatic N) is 8. The van der Waals surface area contributed by atoms with Gasteiger partial charge in [0, 0.05) is 25.5 Å². The van der Waals surface area contributed by atoms with Crippen molar-refractivity contribution in [3.8, 4) is 0 Å². The summed E-state index contributed by atoms with van der Waals surface area (Å²) in [6.45, 7) is -1.76. The van der Waals surface area contributed by atoms with Gasteiger partial charge in [-0.1, -0.05) is 24.3 Å². The van der Waals surface area contributed by atoms with Crippen LogP contribution in [0.15, 0.2) is 73.8 Å².